The Bertz CT molecular complexity index is 1330. The Morgan fingerprint density at radius 1 is 0.865 bits per heavy atom. The number of rotatable bonds is 9. The van der Waals surface area contributed by atoms with Crippen LogP contribution in [0.2, 0.25) is 0 Å². The Balaban J connectivity index is 1.54. The average molecular weight is 520 g/mol. The minimum atomic E-state index is -3.95. The van der Waals surface area contributed by atoms with E-state index in [2.05, 4.69) is 16.3 Å². The number of benzene rings is 3. The Labute approximate surface area is 221 Å². The average Bonchev–Trinajstić information content (AvgIpc) is 2.89. The Kier molecular flexibility index (Phi) is 8.67. The Morgan fingerprint density at radius 2 is 1.51 bits per heavy atom. The highest BCUT2D eigenvalue weighted by Gasteiger charge is 2.28. The van der Waals surface area contributed by atoms with Crippen LogP contribution < -0.4 is 9.62 Å². The largest absolute Gasteiger partial charge is 0.350 e. The lowest BCUT2D eigenvalue weighted by molar-refractivity contribution is -0.119. The zero-order valence-corrected chi connectivity index (χ0v) is 22.9. The molecule has 1 aliphatic heterocycles. The molecule has 7 heteroatoms. The molecule has 0 aromatic heterocycles. The molecule has 0 radical (unpaired) electrons. The summed E-state index contributed by atoms with van der Waals surface area (Å²) in [6.45, 7) is 8.81. The first-order valence-electron chi connectivity index (χ1n) is 13.0. The normalized spacial score (nSPS) is 14.4. The Hall–Kier alpha value is -3.16. The van der Waals surface area contributed by atoms with Crippen molar-refractivity contribution in [2.24, 2.45) is 0 Å². The van der Waals surface area contributed by atoms with Crippen LogP contribution in [0.15, 0.2) is 71.6 Å². The molecular formula is C30H37N3O3S. The number of hydrogen-bond donors (Lipinski definition) is 1. The van der Waals surface area contributed by atoms with Crippen molar-refractivity contribution in [2.75, 3.05) is 23.9 Å². The second kappa shape index (κ2) is 11.9. The standard InChI is InChI=1S/C30H37N3O3S/c1-23-12-15-28(16-13-23)37(35,36)33(29-19-24(2)11-14-25(29)3)22-30(34)31-20-26-9-5-6-10-27(26)21-32-17-7-4-8-18-32/h5-6,9-16,19H,4,7-8,17-18,20-22H2,1-3H3,(H,31,34). The third-order valence-corrected chi connectivity index (χ3v) is 8.74. The van der Waals surface area contributed by atoms with Crippen LogP contribution in [0.3, 0.4) is 0 Å². The molecule has 37 heavy (non-hydrogen) atoms. The molecule has 0 atom stereocenters. The van der Waals surface area contributed by atoms with Crippen molar-refractivity contribution in [1.82, 2.24) is 10.2 Å². The summed E-state index contributed by atoms with van der Waals surface area (Å²) in [7, 11) is -3.95. The minimum absolute atomic E-state index is 0.165. The second-order valence-electron chi connectivity index (χ2n) is 10.00. The molecular weight excluding hydrogens is 482 g/mol. The van der Waals surface area contributed by atoms with Gasteiger partial charge in [-0.25, -0.2) is 8.42 Å². The number of carbonyl (C=O) groups is 1. The van der Waals surface area contributed by atoms with Gasteiger partial charge in [-0.05, 0) is 87.2 Å². The SMILES string of the molecule is Cc1ccc(S(=O)(=O)N(CC(=O)NCc2ccccc2CN2CCCCC2)c2cc(C)ccc2C)cc1. The van der Waals surface area contributed by atoms with Crippen LogP contribution in [0.4, 0.5) is 5.69 Å². The van der Waals surface area contributed by atoms with Gasteiger partial charge in [-0.1, -0.05) is 60.5 Å². The van der Waals surface area contributed by atoms with Gasteiger partial charge in [-0.3, -0.25) is 14.0 Å². The Morgan fingerprint density at radius 3 is 2.22 bits per heavy atom. The fourth-order valence-electron chi connectivity index (χ4n) is 4.75. The summed E-state index contributed by atoms with van der Waals surface area (Å²) in [5.41, 5.74) is 5.46. The number of anilines is 1. The van der Waals surface area contributed by atoms with E-state index >= 15 is 0 Å². The molecule has 196 valence electrons. The van der Waals surface area contributed by atoms with Crippen molar-refractivity contribution >= 4 is 21.6 Å². The van der Waals surface area contributed by atoms with Crippen LogP contribution in [0.5, 0.6) is 0 Å². The maximum Gasteiger partial charge on any atom is 0.264 e. The summed E-state index contributed by atoms with van der Waals surface area (Å²) < 4.78 is 28.7. The lowest BCUT2D eigenvalue weighted by Crippen LogP contribution is -2.41. The topological polar surface area (TPSA) is 69.7 Å². The van der Waals surface area contributed by atoms with Crippen LogP contribution in [-0.2, 0) is 27.9 Å². The van der Waals surface area contributed by atoms with Gasteiger partial charge in [0.2, 0.25) is 5.91 Å². The number of aryl methyl sites for hydroxylation is 3. The molecule has 1 heterocycles. The lowest BCUT2D eigenvalue weighted by Gasteiger charge is -2.27. The van der Waals surface area contributed by atoms with Gasteiger partial charge in [0.15, 0.2) is 0 Å². The van der Waals surface area contributed by atoms with Gasteiger partial charge in [0.1, 0.15) is 6.54 Å². The van der Waals surface area contributed by atoms with Crippen LogP contribution in [0, 0.1) is 20.8 Å². The van der Waals surface area contributed by atoms with Gasteiger partial charge in [0.05, 0.1) is 10.6 Å². The zero-order valence-electron chi connectivity index (χ0n) is 22.0. The van der Waals surface area contributed by atoms with Crippen molar-refractivity contribution in [3.05, 3.63) is 94.5 Å². The van der Waals surface area contributed by atoms with E-state index in [0.717, 1.165) is 41.9 Å². The molecule has 0 spiro atoms. The minimum Gasteiger partial charge on any atom is -0.350 e. The van der Waals surface area contributed by atoms with Gasteiger partial charge in [0.25, 0.3) is 10.0 Å². The quantitative estimate of drug-likeness (QED) is 0.427. The van der Waals surface area contributed by atoms with Crippen LogP contribution in [0.25, 0.3) is 0 Å². The second-order valence-corrected chi connectivity index (χ2v) is 11.9. The molecule has 0 bridgehead atoms. The first-order valence-corrected chi connectivity index (χ1v) is 14.4. The molecule has 1 aliphatic rings. The molecule has 1 fully saturated rings. The number of hydrogen-bond acceptors (Lipinski definition) is 4. The van der Waals surface area contributed by atoms with Gasteiger partial charge in [-0.15, -0.1) is 0 Å². The van der Waals surface area contributed by atoms with E-state index in [1.807, 2.05) is 57.2 Å². The lowest BCUT2D eigenvalue weighted by atomic mass is 10.0. The predicted molar refractivity (Wildman–Crippen MR) is 149 cm³/mol. The summed E-state index contributed by atoms with van der Waals surface area (Å²) in [6.07, 6.45) is 3.74. The molecule has 6 nitrogen and oxygen atoms in total. The first kappa shape index (κ1) is 26.9. The molecule has 1 amide bonds. The van der Waals surface area contributed by atoms with E-state index < -0.39 is 10.0 Å². The molecule has 1 saturated heterocycles. The highest BCUT2D eigenvalue weighted by Crippen LogP contribution is 2.28. The van der Waals surface area contributed by atoms with E-state index in [1.54, 1.807) is 24.3 Å². The smallest absolute Gasteiger partial charge is 0.264 e. The van der Waals surface area contributed by atoms with E-state index in [4.69, 9.17) is 0 Å². The number of sulfonamides is 1. The monoisotopic (exact) mass is 519 g/mol. The van der Waals surface area contributed by atoms with E-state index in [9.17, 15) is 13.2 Å². The van der Waals surface area contributed by atoms with Gasteiger partial charge < -0.3 is 5.32 Å². The summed E-state index contributed by atoms with van der Waals surface area (Å²) in [5, 5.41) is 2.98. The molecule has 4 rings (SSSR count). The molecule has 0 aliphatic carbocycles. The van der Waals surface area contributed by atoms with Crippen LogP contribution >= 0.6 is 0 Å². The number of likely N-dealkylation sites (tertiary alicyclic amines) is 1. The number of piperidine rings is 1. The van der Waals surface area contributed by atoms with E-state index in [1.165, 1.54) is 29.1 Å². The summed E-state index contributed by atoms with van der Waals surface area (Å²) in [4.78, 5) is 15.8. The number of amides is 1. The zero-order chi connectivity index (χ0) is 26.4. The molecule has 1 N–H and O–H groups in total. The third kappa shape index (κ3) is 6.79. The maximum atomic E-state index is 13.7. The predicted octanol–water partition coefficient (Wildman–Crippen LogP) is 5.11. The van der Waals surface area contributed by atoms with Crippen LogP contribution in [0.1, 0.15) is 47.1 Å². The fourth-order valence-corrected chi connectivity index (χ4v) is 6.23. The fraction of sp³-hybridized carbons (Fsp3) is 0.367. The highest BCUT2D eigenvalue weighted by atomic mass is 32.2. The maximum absolute atomic E-state index is 13.7. The van der Waals surface area contributed by atoms with Crippen molar-refractivity contribution in [2.45, 2.75) is 58.0 Å². The molecule has 0 unspecified atom stereocenters. The van der Waals surface area contributed by atoms with Crippen molar-refractivity contribution in [3.8, 4) is 0 Å². The highest BCUT2D eigenvalue weighted by molar-refractivity contribution is 7.92. The number of nitrogens with one attached hydrogen (secondary N) is 1. The van der Waals surface area contributed by atoms with Gasteiger partial charge >= 0.3 is 0 Å². The summed E-state index contributed by atoms with van der Waals surface area (Å²) >= 11 is 0. The van der Waals surface area contributed by atoms with Crippen molar-refractivity contribution in [1.29, 1.82) is 0 Å². The van der Waals surface area contributed by atoms with Gasteiger partial charge in [-0.2, -0.15) is 0 Å². The van der Waals surface area contributed by atoms with Crippen LogP contribution in [-0.4, -0.2) is 38.9 Å². The van der Waals surface area contributed by atoms with Gasteiger partial charge in [0, 0.05) is 13.1 Å². The summed E-state index contributed by atoms with van der Waals surface area (Å²) in [6, 6.07) is 20.5. The van der Waals surface area contributed by atoms with Crippen molar-refractivity contribution < 1.29 is 13.2 Å². The van der Waals surface area contributed by atoms with Crippen molar-refractivity contribution in [3.63, 3.8) is 0 Å². The van der Waals surface area contributed by atoms with E-state index in [-0.39, 0.29) is 17.3 Å². The third-order valence-electron chi connectivity index (χ3n) is 6.97. The molecule has 3 aromatic carbocycles. The van der Waals surface area contributed by atoms with E-state index in [0.29, 0.717) is 12.2 Å². The number of nitrogens with zero attached hydrogens (tertiary/aromatic N) is 2. The summed E-state index contributed by atoms with van der Waals surface area (Å²) in [5.74, 6) is -0.343. The number of carbonyl (C=O) groups excluding carboxylic acids is 1. The molecule has 3 aromatic rings. The molecule has 0 saturated carbocycles. The first-order chi connectivity index (χ1) is 17.7.